The van der Waals surface area contributed by atoms with Crippen LogP contribution in [0.25, 0.3) is 0 Å². The highest BCUT2D eigenvalue weighted by Gasteiger charge is 2.33. The molecule has 2 saturated heterocycles. The van der Waals surface area contributed by atoms with Crippen molar-refractivity contribution >= 4 is 29.9 Å². The van der Waals surface area contributed by atoms with Crippen molar-refractivity contribution in [2.45, 2.75) is 18.6 Å². The van der Waals surface area contributed by atoms with E-state index in [2.05, 4.69) is 9.68 Å². The molecule has 10 heteroatoms. The second kappa shape index (κ2) is 8.01. The minimum absolute atomic E-state index is 0. The van der Waals surface area contributed by atoms with Gasteiger partial charge in [0.05, 0.1) is 17.9 Å². The number of hydrogen-bond acceptors (Lipinski definition) is 7. The molecule has 1 aromatic heterocycles. The summed E-state index contributed by atoms with van der Waals surface area (Å²) in [4.78, 5) is 15.4. The maximum absolute atomic E-state index is 14.5. The van der Waals surface area contributed by atoms with Gasteiger partial charge in [-0.25, -0.2) is 9.18 Å². The van der Waals surface area contributed by atoms with Gasteiger partial charge in [-0.15, -0.1) is 12.4 Å². The van der Waals surface area contributed by atoms with Crippen molar-refractivity contribution in [3.63, 3.8) is 0 Å². The summed E-state index contributed by atoms with van der Waals surface area (Å²) in [7, 11) is 0. The first-order valence-electron chi connectivity index (χ1n) is 8.41. The molecule has 0 radical (unpaired) electrons. The van der Waals surface area contributed by atoms with Gasteiger partial charge in [-0.05, 0) is 29.8 Å². The smallest absolute Gasteiger partial charge is 0.414 e. The van der Waals surface area contributed by atoms with Crippen LogP contribution in [0.3, 0.4) is 0 Å². The average Bonchev–Trinajstić information content (AvgIpc) is 3.34. The number of ether oxygens (including phenoxy) is 2. The number of aromatic nitrogens is 1. The van der Waals surface area contributed by atoms with Crippen LogP contribution in [-0.2, 0) is 4.74 Å². The summed E-state index contributed by atoms with van der Waals surface area (Å²) >= 11 is 0. The largest absolute Gasteiger partial charge is 0.471 e. The first-order valence-corrected chi connectivity index (χ1v) is 8.41. The molecule has 3 heterocycles. The topological polar surface area (TPSA) is 94.1 Å². The van der Waals surface area contributed by atoms with Gasteiger partial charge in [-0.2, -0.15) is 0 Å². The zero-order valence-electron chi connectivity index (χ0n) is 14.4. The Morgan fingerprint density at radius 3 is 2.85 bits per heavy atom. The molecule has 8 nitrogen and oxygen atoms in total. The van der Waals surface area contributed by atoms with E-state index in [1.807, 2.05) is 4.90 Å². The molecular weight excluding hydrogens is 379 g/mol. The molecule has 2 fully saturated rings. The number of carbonyl (C=O) groups is 1. The number of amides is 1. The van der Waals surface area contributed by atoms with Gasteiger partial charge < -0.3 is 24.6 Å². The quantitative estimate of drug-likeness (QED) is 0.824. The molecule has 4 rings (SSSR count). The van der Waals surface area contributed by atoms with Gasteiger partial charge in [0.1, 0.15) is 18.7 Å². The van der Waals surface area contributed by atoms with Gasteiger partial charge in [0.15, 0.2) is 6.10 Å². The van der Waals surface area contributed by atoms with Crippen molar-refractivity contribution in [1.82, 2.24) is 5.16 Å². The molecule has 1 aromatic carbocycles. The van der Waals surface area contributed by atoms with Crippen LogP contribution in [0.15, 0.2) is 35.1 Å². The number of anilines is 2. The summed E-state index contributed by atoms with van der Waals surface area (Å²) in [6.07, 6.45) is 1.22. The predicted octanol–water partition coefficient (Wildman–Crippen LogP) is 2.18. The summed E-state index contributed by atoms with van der Waals surface area (Å²) in [5, 5.41) is 3.62. The molecule has 2 aliphatic rings. The summed E-state index contributed by atoms with van der Waals surface area (Å²) in [6.45, 7) is 1.76. The van der Waals surface area contributed by atoms with Crippen molar-refractivity contribution in [3.8, 4) is 5.88 Å². The monoisotopic (exact) mass is 398 g/mol. The minimum atomic E-state index is -0.533. The van der Waals surface area contributed by atoms with E-state index in [1.54, 1.807) is 18.2 Å². The van der Waals surface area contributed by atoms with Crippen LogP contribution < -0.4 is 20.3 Å². The number of cyclic esters (lactones) is 1. The fraction of sp³-hybridized carbons (Fsp3) is 0.412. The Labute approximate surface area is 161 Å². The van der Waals surface area contributed by atoms with Gasteiger partial charge >= 0.3 is 6.09 Å². The fourth-order valence-corrected chi connectivity index (χ4v) is 3.20. The van der Waals surface area contributed by atoms with Crippen LogP contribution >= 0.6 is 12.4 Å². The summed E-state index contributed by atoms with van der Waals surface area (Å²) < 4.78 is 29.9. The molecule has 0 spiro atoms. The van der Waals surface area contributed by atoms with Crippen LogP contribution in [0.4, 0.5) is 20.6 Å². The van der Waals surface area contributed by atoms with E-state index >= 15 is 0 Å². The van der Waals surface area contributed by atoms with Crippen LogP contribution in [0.2, 0.25) is 0 Å². The summed E-state index contributed by atoms with van der Waals surface area (Å²) in [5.41, 5.74) is 6.83. The van der Waals surface area contributed by atoms with Crippen molar-refractivity contribution < 1.29 is 23.2 Å². The minimum Gasteiger partial charge on any atom is -0.471 e. The zero-order valence-corrected chi connectivity index (χ0v) is 15.2. The fourth-order valence-electron chi connectivity index (χ4n) is 3.20. The van der Waals surface area contributed by atoms with E-state index in [0.717, 1.165) is 13.0 Å². The number of nitrogens with zero attached hydrogens (tertiary/aromatic N) is 3. The van der Waals surface area contributed by atoms with E-state index in [4.69, 9.17) is 15.2 Å². The van der Waals surface area contributed by atoms with E-state index in [-0.39, 0.29) is 37.4 Å². The normalized spacial score (nSPS) is 21.9. The zero-order chi connectivity index (χ0) is 18.1. The third-order valence-electron chi connectivity index (χ3n) is 4.51. The Morgan fingerprint density at radius 2 is 2.19 bits per heavy atom. The molecule has 2 atom stereocenters. The van der Waals surface area contributed by atoms with E-state index in [1.165, 1.54) is 17.2 Å². The van der Waals surface area contributed by atoms with Crippen LogP contribution in [0.1, 0.15) is 6.42 Å². The van der Waals surface area contributed by atoms with Crippen LogP contribution in [0.5, 0.6) is 5.88 Å². The van der Waals surface area contributed by atoms with Gasteiger partial charge in [0, 0.05) is 25.2 Å². The van der Waals surface area contributed by atoms with Crippen molar-refractivity contribution in [2.24, 2.45) is 5.73 Å². The van der Waals surface area contributed by atoms with Gasteiger partial charge in [0.2, 0.25) is 0 Å². The Kier molecular flexibility index (Phi) is 5.71. The highest BCUT2D eigenvalue weighted by molar-refractivity contribution is 5.90. The third-order valence-corrected chi connectivity index (χ3v) is 4.51. The third kappa shape index (κ3) is 4.09. The molecule has 0 bridgehead atoms. The Bertz CT molecular complexity index is 791. The second-order valence-electron chi connectivity index (χ2n) is 6.40. The van der Waals surface area contributed by atoms with Gasteiger partial charge in [0.25, 0.3) is 5.88 Å². The number of halogens is 2. The second-order valence-corrected chi connectivity index (χ2v) is 6.40. The van der Waals surface area contributed by atoms with Crippen LogP contribution in [0, 0.1) is 5.82 Å². The molecular formula is C17H20ClFN4O4. The number of benzene rings is 1. The number of rotatable bonds is 5. The highest BCUT2D eigenvalue weighted by atomic mass is 35.5. The standard InChI is InChI=1S/C17H19FN4O4.ClH/c18-14-7-12(1-2-15(14)21-5-3-11(19)8-21)22-9-13(26-17(22)23)10-24-16-4-6-25-20-16;/h1-2,4,6-7,11,13H,3,5,8-10,19H2;1H/t11-,13?;/m0./s1. The Balaban J connectivity index is 0.00000210. The Morgan fingerprint density at radius 1 is 1.33 bits per heavy atom. The van der Waals surface area contributed by atoms with E-state index in [9.17, 15) is 9.18 Å². The molecule has 1 unspecified atom stereocenters. The first-order chi connectivity index (χ1) is 12.6. The lowest BCUT2D eigenvalue weighted by atomic mass is 10.2. The maximum atomic E-state index is 14.5. The molecule has 2 N–H and O–H groups in total. The lowest BCUT2D eigenvalue weighted by Crippen LogP contribution is -2.28. The van der Waals surface area contributed by atoms with E-state index < -0.39 is 12.2 Å². The van der Waals surface area contributed by atoms with Gasteiger partial charge in [-0.1, -0.05) is 0 Å². The van der Waals surface area contributed by atoms with Crippen LogP contribution in [-0.4, -0.2) is 49.6 Å². The molecule has 2 aliphatic heterocycles. The highest BCUT2D eigenvalue weighted by Crippen LogP contribution is 2.29. The number of hydrogen-bond donors (Lipinski definition) is 1. The van der Waals surface area contributed by atoms with Crippen molar-refractivity contribution in [1.29, 1.82) is 0 Å². The molecule has 27 heavy (non-hydrogen) atoms. The molecule has 0 aliphatic carbocycles. The molecule has 1 amide bonds. The number of carbonyl (C=O) groups excluding carboxylic acids is 1. The number of nitrogens with two attached hydrogens (primary N) is 1. The summed E-state index contributed by atoms with van der Waals surface area (Å²) in [6, 6.07) is 6.36. The summed E-state index contributed by atoms with van der Waals surface area (Å²) in [5.74, 6) is -0.0644. The molecule has 2 aromatic rings. The predicted molar refractivity (Wildman–Crippen MR) is 98.1 cm³/mol. The maximum Gasteiger partial charge on any atom is 0.414 e. The molecule has 0 saturated carbocycles. The lowest BCUT2D eigenvalue weighted by molar-refractivity contribution is 0.102. The lowest BCUT2D eigenvalue weighted by Gasteiger charge is -2.20. The first kappa shape index (κ1) is 19.2. The van der Waals surface area contributed by atoms with Crippen molar-refractivity contribution in [2.75, 3.05) is 36.0 Å². The Hall–Kier alpha value is -2.52. The SMILES string of the molecule is Cl.N[C@H]1CCN(c2ccc(N3CC(COc4ccon4)OC3=O)cc2F)C1. The average molecular weight is 399 g/mol. The van der Waals surface area contributed by atoms with Gasteiger partial charge in [-0.3, -0.25) is 4.90 Å². The molecule has 146 valence electrons. The van der Waals surface area contributed by atoms with E-state index in [0.29, 0.717) is 23.8 Å². The van der Waals surface area contributed by atoms with Crippen molar-refractivity contribution in [3.05, 3.63) is 36.3 Å².